The molecule has 27 heavy (non-hydrogen) atoms. The Bertz CT molecular complexity index is 995. The Hall–Kier alpha value is -3.55. The molecule has 1 N–H and O–H groups in total. The van der Waals surface area contributed by atoms with E-state index in [1.807, 2.05) is 6.92 Å². The predicted octanol–water partition coefficient (Wildman–Crippen LogP) is 3.85. The van der Waals surface area contributed by atoms with Crippen molar-refractivity contribution in [3.8, 4) is 0 Å². The molecule has 1 aromatic heterocycles. The quantitative estimate of drug-likeness (QED) is 0.547. The molecule has 0 aliphatic heterocycles. The molecule has 1 amide bonds. The van der Waals surface area contributed by atoms with Gasteiger partial charge in [-0.3, -0.25) is 19.6 Å². The smallest absolute Gasteiger partial charge is 0.269 e. The fourth-order valence-electron chi connectivity index (χ4n) is 2.71. The summed E-state index contributed by atoms with van der Waals surface area (Å²) in [7, 11) is 0. The first-order chi connectivity index (χ1) is 12.8. The average molecular weight is 368 g/mol. The van der Waals surface area contributed by atoms with Crippen molar-refractivity contribution < 1.29 is 14.1 Å². The van der Waals surface area contributed by atoms with Crippen LogP contribution in [-0.4, -0.2) is 20.6 Å². The number of hydrogen-bond donors (Lipinski definition) is 1. The second-order valence-corrected chi connectivity index (χ2v) is 6.09. The number of halogens is 1. The summed E-state index contributed by atoms with van der Waals surface area (Å²) in [5, 5.41) is 17.9. The van der Waals surface area contributed by atoms with E-state index in [1.165, 1.54) is 36.4 Å². The number of nitro benzene ring substituents is 1. The number of rotatable bonds is 5. The van der Waals surface area contributed by atoms with Crippen molar-refractivity contribution in [1.29, 1.82) is 0 Å². The molecule has 8 heteroatoms. The van der Waals surface area contributed by atoms with Crippen LogP contribution in [0, 0.1) is 29.8 Å². The molecule has 0 atom stereocenters. The largest absolute Gasteiger partial charge is 0.319 e. The van der Waals surface area contributed by atoms with Crippen LogP contribution in [0.4, 0.5) is 15.8 Å². The number of anilines is 1. The SMILES string of the molecule is Cc1nn(Cc2ccc(F)cc2)c(C)c1NC(=O)c1ccc([N+](=O)[O-])cc1. The van der Waals surface area contributed by atoms with Crippen molar-refractivity contribution in [1.82, 2.24) is 9.78 Å². The van der Waals surface area contributed by atoms with Crippen LogP contribution in [0.3, 0.4) is 0 Å². The lowest BCUT2D eigenvalue weighted by atomic mass is 10.2. The highest BCUT2D eigenvalue weighted by molar-refractivity contribution is 6.05. The Kier molecular flexibility index (Phi) is 4.98. The molecule has 7 nitrogen and oxygen atoms in total. The molecule has 0 spiro atoms. The van der Waals surface area contributed by atoms with Gasteiger partial charge in [0.1, 0.15) is 5.82 Å². The van der Waals surface area contributed by atoms with E-state index >= 15 is 0 Å². The summed E-state index contributed by atoms with van der Waals surface area (Å²) in [4.78, 5) is 22.6. The minimum Gasteiger partial charge on any atom is -0.319 e. The number of benzene rings is 2. The van der Waals surface area contributed by atoms with Gasteiger partial charge in [-0.1, -0.05) is 12.1 Å². The van der Waals surface area contributed by atoms with Gasteiger partial charge in [0.05, 0.1) is 28.5 Å². The van der Waals surface area contributed by atoms with Crippen LogP contribution in [0.1, 0.15) is 27.3 Å². The molecule has 0 saturated heterocycles. The van der Waals surface area contributed by atoms with Crippen molar-refractivity contribution in [3.05, 3.63) is 87.0 Å². The van der Waals surface area contributed by atoms with Gasteiger partial charge in [0.15, 0.2) is 0 Å². The molecule has 138 valence electrons. The molecule has 0 bridgehead atoms. The molecular formula is C19H17FN4O3. The van der Waals surface area contributed by atoms with Crippen LogP contribution in [0.2, 0.25) is 0 Å². The van der Waals surface area contributed by atoms with E-state index in [0.717, 1.165) is 11.3 Å². The van der Waals surface area contributed by atoms with Gasteiger partial charge in [0, 0.05) is 17.7 Å². The zero-order valence-electron chi connectivity index (χ0n) is 14.8. The van der Waals surface area contributed by atoms with Crippen LogP contribution in [0.25, 0.3) is 0 Å². The van der Waals surface area contributed by atoms with Crippen molar-refractivity contribution >= 4 is 17.3 Å². The van der Waals surface area contributed by atoms with E-state index in [-0.39, 0.29) is 17.4 Å². The number of aryl methyl sites for hydroxylation is 1. The summed E-state index contributed by atoms with van der Waals surface area (Å²) in [5.74, 6) is -0.680. The molecular weight excluding hydrogens is 351 g/mol. The number of non-ortho nitro benzene ring substituents is 1. The van der Waals surface area contributed by atoms with Crippen LogP contribution in [0.15, 0.2) is 48.5 Å². The van der Waals surface area contributed by atoms with Gasteiger partial charge < -0.3 is 5.32 Å². The number of hydrogen-bond acceptors (Lipinski definition) is 4. The molecule has 0 aliphatic rings. The van der Waals surface area contributed by atoms with Crippen LogP contribution < -0.4 is 5.32 Å². The summed E-state index contributed by atoms with van der Waals surface area (Å²) >= 11 is 0. The number of nitrogens with zero attached hydrogens (tertiary/aromatic N) is 3. The highest BCUT2D eigenvalue weighted by Crippen LogP contribution is 2.22. The van der Waals surface area contributed by atoms with Gasteiger partial charge in [-0.2, -0.15) is 5.10 Å². The van der Waals surface area contributed by atoms with Crippen LogP contribution in [-0.2, 0) is 6.54 Å². The van der Waals surface area contributed by atoms with E-state index in [2.05, 4.69) is 10.4 Å². The Morgan fingerprint density at radius 2 is 1.78 bits per heavy atom. The van der Waals surface area contributed by atoms with E-state index in [1.54, 1.807) is 23.7 Å². The number of nitro groups is 1. The highest BCUT2D eigenvalue weighted by atomic mass is 19.1. The first-order valence-corrected chi connectivity index (χ1v) is 8.19. The summed E-state index contributed by atoms with van der Waals surface area (Å²) < 4.78 is 14.8. The zero-order chi connectivity index (χ0) is 19.6. The molecule has 0 fully saturated rings. The van der Waals surface area contributed by atoms with Crippen molar-refractivity contribution in [2.24, 2.45) is 0 Å². The molecule has 0 unspecified atom stereocenters. The van der Waals surface area contributed by atoms with E-state index in [4.69, 9.17) is 0 Å². The predicted molar refractivity (Wildman–Crippen MR) is 98.3 cm³/mol. The molecule has 3 aromatic rings. The van der Waals surface area contributed by atoms with Gasteiger partial charge in [-0.25, -0.2) is 4.39 Å². The third-order valence-corrected chi connectivity index (χ3v) is 4.21. The molecule has 2 aromatic carbocycles. The van der Waals surface area contributed by atoms with Gasteiger partial charge >= 0.3 is 0 Å². The number of carbonyl (C=O) groups excluding carboxylic acids is 1. The molecule has 3 rings (SSSR count). The Morgan fingerprint density at radius 1 is 1.15 bits per heavy atom. The lowest BCUT2D eigenvalue weighted by Crippen LogP contribution is -2.13. The third kappa shape index (κ3) is 4.00. The van der Waals surface area contributed by atoms with Crippen LogP contribution >= 0.6 is 0 Å². The highest BCUT2D eigenvalue weighted by Gasteiger charge is 2.16. The lowest BCUT2D eigenvalue weighted by Gasteiger charge is -2.07. The lowest BCUT2D eigenvalue weighted by molar-refractivity contribution is -0.384. The summed E-state index contributed by atoms with van der Waals surface area (Å²) in [6, 6.07) is 11.5. The summed E-state index contributed by atoms with van der Waals surface area (Å²) in [6.45, 7) is 4.05. The van der Waals surface area contributed by atoms with Crippen molar-refractivity contribution in [2.75, 3.05) is 5.32 Å². The number of nitrogens with one attached hydrogen (secondary N) is 1. The molecule has 0 saturated carbocycles. The monoisotopic (exact) mass is 368 g/mol. The van der Waals surface area contributed by atoms with Crippen molar-refractivity contribution in [2.45, 2.75) is 20.4 Å². The maximum Gasteiger partial charge on any atom is 0.269 e. The Morgan fingerprint density at radius 3 is 2.37 bits per heavy atom. The van der Waals surface area contributed by atoms with E-state index < -0.39 is 4.92 Å². The molecule has 1 heterocycles. The minimum absolute atomic E-state index is 0.0778. The first kappa shape index (κ1) is 18.2. The standard InChI is InChI=1S/C19H17FN4O3/c1-12-18(21-19(25)15-5-9-17(10-6-15)24(26)27)13(2)23(22-12)11-14-3-7-16(20)8-4-14/h3-10H,11H2,1-2H3,(H,21,25). The van der Waals surface area contributed by atoms with Crippen LogP contribution in [0.5, 0.6) is 0 Å². The fraction of sp³-hybridized carbons (Fsp3) is 0.158. The van der Waals surface area contributed by atoms with Gasteiger partial charge in [-0.05, 0) is 43.7 Å². The Balaban J connectivity index is 1.78. The van der Waals surface area contributed by atoms with Gasteiger partial charge in [0.25, 0.3) is 11.6 Å². The minimum atomic E-state index is -0.518. The maximum atomic E-state index is 13.0. The third-order valence-electron chi connectivity index (χ3n) is 4.21. The Labute approximate surface area is 154 Å². The van der Waals surface area contributed by atoms with Crippen molar-refractivity contribution in [3.63, 3.8) is 0 Å². The molecule has 0 aliphatic carbocycles. The van der Waals surface area contributed by atoms with E-state index in [0.29, 0.717) is 23.5 Å². The fourth-order valence-corrected chi connectivity index (χ4v) is 2.71. The van der Waals surface area contributed by atoms with Gasteiger partial charge in [0.2, 0.25) is 0 Å². The maximum absolute atomic E-state index is 13.0. The second kappa shape index (κ2) is 7.36. The topological polar surface area (TPSA) is 90.1 Å². The zero-order valence-corrected chi connectivity index (χ0v) is 14.8. The summed E-state index contributed by atoms with van der Waals surface area (Å²) in [6.07, 6.45) is 0. The number of carbonyl (C=O) groups is 1. The first-order valence-electron chi connectivity index (χ1n) is 8.19. The number of aromatic nitrogens is 2. The van der Waals surface area contributed by atoms with E-state index in [9.17, 15) is 19.3 Å². The average Bonchev–Trinajstić information content (AvgIpc) is 2.91. The van der Waals surface area contributed by atoms with Gasteiger partial charge in [-0.15, -0.1) is 0 Å². The second-order valence-electron chi connectivity index (χ2n) is 6.09. The molecule has 0 radical (unpaired) electrons. The normalized spacial score (nSPS) is 10.6. The summed E-state index contributed by atoms with van der Waals surface area (Å²) in [5.41, 5.74) is 3.10. The number of amides is 1.